The van der Waals surface area contributed by atoms with Gasteiger partial charge in [-0.25, -0.2) is 9.97 Å². The van der Waals surface area contributed by atoms with Crippen LogP contribution in [0.5, 0.6) is 0 Å². The normalized spacial score (nSPS) is 11.2. The lowest BCUT2D eigenvalue weighted by molar-refractivity contribution is -0.137. The Bertz CT molecular complexity index is 820. The average Bonchev–Trinajstić information content (AvgIpc) is 2.61. The highest BCUT2D eigenvalue weighted by molar-refractivity contribution is 5.59. The van der Waals surface area contributed by atoms with E-state index in [2.05, 4.69) is 25.6 Å². The fraction of sp³-hybridized carbons (Fsp3) is 0.118. The first kappa shape index (κ1) is 16.7. The smallest absolute Gasteiger partial charge is 0.366 e. The summed E-state index contributed by atoms with van der Waals surface area (Å²) in [6.07, 6.45) is 0.433. The minimum absolute atomic E-state index is 0.479. The summed E-state index contributed by atoms with van der Waals surface area (Å²) in [5.74, 6) is 1.08. The number of benzene rings is 1. The molecule has 0 saturated carbocycles. The molecule has 0 unspecified atom stereocenters. The van der Waals surface area contributed by atoms with Gasteiger partial charge in [0.1, 0.15) is 18.0 Å². The van der Waals surface area contributed by atoms with Crippen molar-refractivity contribution in [2.45, 2.75) is 12.7 Å². The number of aromatic nitrogens is 3. The molecule has 8 heteroatoms. The van der Waals surface area contributed by atoms with E-state index in [9.17, 15) is 13.2 Å². The van der Waals surface area contributed by atoms with Crippen molar-refractivity contribution < 1.29 is 13.2 Å². The predicted molar refractivity (Wildman–Crippen MR) is 88.3 cm³/mol. The summed E-state index contributed by atoms with van der Waals surface area (Å²) in [5.41, 5.74) is 0.859. The van der Waals surface area contributed by atoms with Crippen molar-refractivity contribution >= 4 is 17.3 Å². The second-order valence-electron chi connectivity index (χ2n) is 5.20. The van der Waals surface area contributed by atoms with Crippen molar-refractivity contribution in [3.8, 4) is 0 Å². The maximum Gasteiger partial charge on any atom is 0.416 e. The van der Waals surface area contributed by atoms with Crippen LogP contribution >= 0.6 is 0 Å². The van der Waals surface area contributed by atoms with E-state index in [4.69, 9.17) is 0 Å². The third-order valence-corrected chi connectivity index (χ3v) is 3.37. The van der Waals surface area contributed by atoms with Crippen LogP contribution in [0.3, 0.4) is 0 Å². The molecule has 5 nitrogen and oxygen atoms in total. The van der Waals surface area contributed by atoms with Crippen LogP contribution in [0.15, 0.2) is 61.2 Å². The van der Waals surface area contributed by atoms with E-state index >= 15 is 0 Å². The minimum atomic E-state index is -4.35. The highest BCUT2D eigenvalue weighted by atomic mass is 19.4. The van der Waals surface area contributed by atoms with Gasteiger partial charge in [-0.15, -0.1) is 0 Å². The molecule has 25 heavy (non-hydrogen) atoms. The fourth-order valence-corrected chi connectivity index (χ4v) is 2.11. The summed E-state index contributed by atoms with van der Waals surface area (Å²) in [7, 11) is 0. The summed E-state index contributed by atoms with van der Waals surface area (Å²) in [5, 5.41) is 6.10. The maximum absolute atomic E-state index is 12.6. The van der Waals surface area contributed by atoms with E-state index in [0.29, 0.717) is 23.9 Å². The van der Waals surface area contributed by atoms with Gasteiger partial charge in [-0.2, -0.15) is 13.2 Å². The Hall–Kier alpha value is -3.16. The first-order chi connectivity index (χ1) is 12.0. The number of nitrogens with zero attached hydrogens (tertiary/aromatic N) is 3. The lowest BCUT2D eigenvalue weighted by Gasteiger charge is -2.10. The zero-order valence-electron chi connectivity index (χ0n) is 13.0. The summed E-state index contributed by atoms with van der Waals surface area (Å²) in [6.45, 7) is 0.569. The molecule has 0 aliphatic rings. The number of pyridine rings is 1. The number of halogens is 3. The third kappa shape index (κ3) is 4.66. The highest BCUT2D eigenvalue weighted by Gasteiger charge is 2.29. The number of anilines is 3. The van der Waals surface area contributed by atoms with E-state index in [1.165, 1.54) is 18.5 Å². The molecule has 1 aromatic carbocycles. The number of rotatable bonds is 5. The van der Waals surface area contributed by atoms with Crippen LogP contribution in [0.1, 0.15) is 11.1 Å². The van der Waals surface area contributed by atoms with Crippen LogP contribution in [0.25, 0.3) is 0 Å². The first-order valence-corrected chi connectivity index (χ1v) is 7.40. The lowest BCUT2D eigenvalue weighted by atomic mass is 10.2. The Morgan fingerprint density at radius 1 is 0.880 bits per heavy atom. The summed E-state index contributed by atoms with van der Waals surface area (Å²) in [4.78, 5) is 12.1. The predicted octanol–water partition coefficient (Wildman–Crippen LogP) is 4.25. The maximum atomic E-state index is 12.6. The van der Waals surface area contributed by atoms with Gasteiger partial charge in [0.05, 0.1) is 5.56 Å². The van der Waals surface area contributed by atoms with Gasteiger partial charge in [-0.3, -0.25) is 4.98 Å². The van der Waals surface area contributed by atoms with E-state index < -0.39 is 11.7 Å². The number of hydrogen-bond donors (Lipinski definition) is 2. The van der Waals surface area contributed by atoms with Crippen molar-refractivity contribution in [1.29, 1.82) is 0 Å². The van der Waals surface area contributed by atoms with Crippen molar-refractivity contribution in [1.82, 2.24) is 15.0 Å². The average molecular weight is 345 g/mol. The molecular weight excluding hydrogens is 331 g/mol. The molecule has 0 amide bonds. The van der Waals surface area contributed by atoms with Crippen molar-refractivity contribution in [2.24, 2.45) is 0 Å². The minimum Gasteiger partial charge on any atom is -0.366 e. The zero-order chi connectivity index (χ0) is 17.7. The molecule has 2 N–H and O–H groups in total. The fourth-order valence-electron chi connectivity index (χ4n) is 2.11. The topological polar surface area (TPSA) is 62.7 Å². The molecule has 0 fully saturated rings. The van der Waals surface area contributed by atoms with Crippen LogP contribution in [0.2, 0.25) is 0 Å². The molecule has 0 radical (unpaired) electrons. The molecule has 0 saturated heterocycles. The molecule has 0 aliphatic heterocycles. The van der Waals surface area contributed by atoms with Gasteiger partial charge in [-0.1, -0.05) is 0 Å². The van der Waals surface area contributed by atoms with E-state index in [-0.39, 0.29) is 0 Å². The summed E-state index contributed by atoms with van der Waals surface area (Å²) < 4.78 is 37.7. The molecule has 2 aromatic heterocycles. The quantitative estimate of drug-likeness (QED) is 0.724. The van der Waals surface area contributed by atoms with Gasteiger partial charge in [0.15, 0.2) is 0 Å². The van der Waals surface area contributed by atoms with Gasteiger partial charge < -0.3 is 10.6 Å². The molecule has 0 spiro atoms. The van der Waals surface area contributed by atoms with E-state index in [1.807, 2.05) is 12.1 Å². The van der Waals surface area contributed by atoms with Crippen LogP contribution < -0.4 is 10.6 Å². The molecular formula is C17H14F3N5. The van der Waals surface area contributed by atoms with Gasteiger partial charge >= 0.3 is 6.18 Å². The van der Waals surface area contributed by atoms with Crippen molar-refractivity contribution in [3.63, 3.8) is 0 Å². The SMILES string of the molecule is FC(F)(F)c1ccc(Nc2cc(NCc3ccncc3)ncn2)cc1. The number of alkyl halides is 3. The molecule has 3 aromatic rings. The number of hydrogen-bond acceptors (Lipinski definition) is 5. The van der Waals surface area contributed by atoms with Crippen LogP contribution in [0, 0.1) is 0 Å². The summed E-state index contributed by atoms with van der Waals surface area (Å²) >= 11 is 0. The number of nitrogens with one attached hydrogen (secondary N) is 2. The Morgan fingerprint density at radius 3 is 2.24 bits per heavy atom. The standard InChI is InChI=1S/C17H14F3N5/c18-17(19,20)13-1-3-14(4-2-13)25-16-9-15(23-11-24-16)22-10-12-5-7-21-8-6-12/h1-9,11H,10H2,(H2,22,23,24,25). The van der Waals surface area contributed by atoms with Crippen LogP contribution in [-0.2, 0) is 12.7 Å². The lowest BCUT2D eigenvalue weighted by Crippen LogP contribution is -2.05. The van der Waals surface area contributed by atoms with Crippen LogP contribution in [0.4, 0.5) is 30.5 Å². The highest BCUT2D eigenvalue weighted by Crippen LogP contribution is 2.30. The van der Waals surface area contributed by atoms with Gasteiger partial charge in [-0.05, 0) is 42.0 Å². The second-order valence-corrected chi connectivity index (χ2v) is 5.20. The first-order valence-electron chi connectivity index (χ1n) is 7.40. The van der Waals surface area contributed by atoms with Gasteiger partial charge in [0, 0.05) is 30.7 Å². The van der Waals surface area contributed by atoms with Gasteiger partial charge in [0.2, 0.25) is 0 Å². The Kier molecular flexibility index (Phi) is 4.78. The van der Waals surface area contributed by atoms with E-state index in [1.54, 1.807) is 18.5 Å². The molecule has 3 rings (SSSR count). The molecule has 0 aliphatic carbocycles. The molecule has 0 atom stereocenters. The second kappa shape index (κ2) is 7.16. The Morgan fingerprint density at radius 2 is 1.56 bits per heavy atom. The molecule has 0 bridgehead atoms. The Labute approximate surface area is 142 Å². The van der Waals surface area contributed by atoms with E-state index in [0.717, 1.165) is 17.7 Å². The molecule has 2 heterocycles. The zero-order valence-corrected chi connectivity index (χ0v) is 13.0. The van der Waals surface area contributed by atoms with Gasteiger partial charge in [0.25, 0.3) is 0 Å². The summed E-state index contributed by atoms with van der Waals surface area (Å²) in [6, 6.07) is 10.2. The van der Waals surface area contributed by atoms with Crippen molar-refractivity contribution in [3.05, 3.63) is 72.3 Å². The third-order valence-electron chi connectivity index (χ3n) is 3.37. The largest absolute Gasteiger partial charge is 0.416 e. The van der Waals surface area contributed by atoms with Crippen LogP contribution in [-0.4, -0.2) is 15.0 Å². The monoisotopic (exact) mass is 345 g/mol. The molecule has 128 valence electrons. The Balaban J connectivity index is 1.65. The van der Waals surface area contributed by atoms with Crippen molar-refractivity contribution in [2.75, 3.05) is 10.6 Å².